The first-order chi connectivity index (χ1) is 10.6. The summed E-state index contributed by atoms with van der Waals surface area (Å²) in [5.74, 6) is 0.420. The van der Waals surface area contributed by atoms with Gasteiger partial charge in [0.2, 0.25) is 0 Å². The van der Waals surface area contributed by atoms with Crippen LogP contribution in [-0.4, -0.2) is 0 Å². The van der Waals surface area contributed by atoms with Gasteiger partial charge in [0.05, 0.1) is 0 Å². The normalized spacial score (nSPS) is 16.9. The number of rotatable bonds is 3. The minimum absolute atomic E-state index is 0.420. The molecular weight excluding hydrogens is 264 g/mol. The van der Waals surface area contributed by atoms with Gasteiger partial charge in [0.1, 0.15) is 0 Å². The maximum atomic E-state index is 4.38. The molecular formula is C22H24. The number of allylic oxidation sites excluding steroid dienone is 3. The number of hydrogen-bond donors (Lipinski definition) is 0. The molecule has 0 saturated heterocycles. The molecule has 0 spiro atoms. The van der Waals surface area contributed by atoms with E-state index in [-0.39, 0.29) is 0 Å². The van der Waals surface area contributed by atoms with E-state index in [1.54, 1.807) is 0 Å². The Morgan fingerprint density at radius 3 is 2.55 bits per heavy atom. The molecule has 3 rings (SSSR count). The van der Waals surface area contributed by atoms with Crippen LogP contribution in [0.5, 0.6) is 0 Å². The molecule has 0 fully saturated rings. The first kappa shape index (κ1) is 14.8. The Morgan fingerprint density at radius 1 is 1.14 bits per heavy atom. The largest absolute Gasteiger partial charge is 0.0909 e. The van der Waals surface area contributed by atoms with E-state index in [0.29, 0.717) is 5.92 Å². The molecule has 1 aliphatic rings. The molecule has 0 saturated carbocycles. The van der Waals surface area contributed by atoms with Gasteiger partial charge < -0.3 is 0 Å². The molecule has 0 heterocycles. The molecule has 0 radical (unpaired) electrons. The fourth-order valence-electron chi connectivity index (χ4n) is 3.32. The molecule has 0 amide bonds. The maximum Gasteiger partial charge on any atom is 0.00668 e. The lowest BCUT2D eigenvalue weighted by Crippen LogP contribution is -2.10. The van der Waals surface area contributed by atoms with Crippen LogP contribution in [0, 0.1) is 6.92 Å². The average molecular weight is 288 g/mol. The quantitative estimate of drug-likeness (QED) is 0.664. The first-order valence-electron chi connectivity index (χ1n) is 8.18. The van der Waals surface area contributed by atoms with Crippen molar-refractivity contribution in [2.24, 2.45) is 0 Å². The number of aryl methyl sites for hydroxylation is 2. The number of benzene rings is 2. The van der Waals surface area contributed by atoms with Gasteiger partial charge in [-0.2, -0.15) is 0 Å². The third-order valence-corrected chi connectivity index (χ3v) is 4.84. The van der Waals surface area contributed by atoms with E-state index in [2.05, 4.69) is 75.9 Å². The van der Waals surface area contributed by atoms with Crippen molar-refractivity contribution in [3.05, 3.63) is 88.5 Å². The molecule has 1 unspecified atom stereocenters. The lowest BCUT2D eigenvalue weighted by molar-refractivity contribution is 0.866. The van der Waals surface area contributed by atoms with E-state index in [9.17, 15) is 0 Å². The standard InChI is InChI=1S/C22H24/c1-5-18-8-11-20-12-13-21(17(4)22(20)14-18)16(3)19-9-6-15(2)7-10-19/h6-11,13-14,17H,3,5,12H2,1-2,4H3. The summed E-state index contributed by atoms with van der Waals surface area (Å²) in [6.07, 6.45) is 4.47. The molecule has 112 valence electrons. The second kappa shape index (κ2) is 5.96. The molecule has 0 N–H and O–H groups in total. The minimum atomic E-state index is 0.420. The zero-order valence-electron chi connectivity index (χ0n) is 13.8. The van der Waals surface area contributed by atoms with Crippen LogP contribution in [0.1, 0.15) is 47.6 Å². The van der Waals surface area contributed by atoms with Crippen LogP contribution in [0.2, 0.25) is 0 Å². The SMILES string of the molecule is C=C(C1=CCc2ccc(CC)cc2C1C)c1ccc(C)cc1. The van der Waals surface area contributed by atoms with Crippen LogP contribution in [-0.2, 0) is 12.8 Å². The van der Waals surface area contributed by atoms with E-state index in [1.807, 2.05) is 0 Å². The predicted molar refractivity (Wildman–Crippen MR) is 96.2 cm³/mol. The monoisotopic (exact) mass is 288 g/mol. The molecule has 0 aromatic heterocycles. The van der Waals surface area contributed by atoms with Crippen LogP contribution >= 0.6 is 0 Å². The lowest BCUT2D eigenvalue weighted by Gasteiger charge is -2.26. The van der Waals surface area contributed by atoms with E-state index < -0.39 is 0 Å². The highest BCUT2D eigenvalue weighted by atomic mass is 14.3. The van der Waals surface area contributed by atoms with Crippen molar-refractivity contribution in [1.82, 2.24) is 0 Å². The van der Waals surface area contributed by atoms with Crippen molar-refractivity contribution < 1.29 is 0 Å². The summed E-state index contributed by atoms with van der Waals surface area (Å²) in [5.41, 5.74) is 9.44. The van der Waals surface area contributed by atoms with Crippen LogP contribution in [0.3, 0.4) is 0 Å². The van der Waals surface area contributed by atoms with E-state index >= 15 is 0 Å². The smallest absolute Gasteiger partial charge is 0.00668 e. The molecule has 2 aromatic rings. The molecule has 0 bridgehead atoms. The highest BCUT2D eigenvalue weighted by Crippen LogP contribution is 2.39. The van der Waals surface area contributed by atoms with Crippen molar-refractivity contribution in [3.8, 4) is 0 Å². The maximum absolute atomic E-state index is 4.38. The van der Waals surface area contributed by atoms with Gasteiger partial charge in [-0.15, -0.1) is 0 Å². The van der Waals surface area contributed by atoms with E-state index in [4.69, 9.17) is 0 Å². The van der Waals surface area contributed by atoms with Gasteiger partial charge in [0.15, 0.2) is 0 Å². The van der Waals surface area contributed by atoms with E-state index in [0.717, 1.165) is 12.8 Å². The second-order valence-electron chi connectivity index (χ2n) is 6.32. The summed E-state index contributed by atoms with van der Waals surface area (Å²) in [5, 5.41) is 0. The van der Waals surface area contributed by atoms with Gasteiger partial charge >= 0.3 is 0 Å². The lowest BCUT2D eigenvalue weighted by atomic mass is 9.78. The van der Waals surface area contributed by atoms with Crippen molar-refractivity contribution >= 4 is 5.57 Å². The van der Waals surface area contributed by atoms with Gasteiger partial charge in [-0.1, -0.05) is 74.5 Å². The summed E-state index contributed by atoms with van der Waals surface area (Å²) in [6.45, 7) is 11.0. The van der Waals surface area contributed by atoms with Gasteiger partial charge in [0, 0.05) is 5.92 Å². The molecule has 22 heavy (non-hydrogen) atoms. The van der Waals surface area contributed by atoms with Gasteiger partial charge in [-0.3, -0.25) is 0 Å². The molecule has 0 heteroatoms. The summed E-state index contributed by atoms with van der Waals surface area (Å²) >= 11 is 0. The van der Waals surface area contributed by atoms with Crippen molar-refractivity contribution in [1.29, 1.82) is 0 Å². The average Bonchev–Trinajstić information content (AvgIpc) is 2.55. The van der Waals surface area contributed by atoms with Crippen molar-refractivity contribution in [2.75, 3.05) is 0 Å². The fourth-order valence-corrected chi connectivity index (χ4v) is 3.32. The zero-order chi connectivity index (χ0) is 15.7. The molecule has 0 aliphatic heterocycles. The highest BCUT2D eigenvalue weighted by molar-refractivity contribution is 5.80. The van der Waals surface area contributed by atoms with Gasteiger partial charge in [-0.05, 0) is 53.2 Å². The highest BCUT2D eigenvalue weighted by Gasteiger charge is 2.21. The summed E-state index contributed by atoms with van der Waals surface area (Å²) in [7, 11) is 0. The van der Waals surface area contributed by atoms with Crippen LogP contribution in [0.4, 0.5) is 0 Å². The van der Waals surface area contributed by atoms with Crippen LogP contribution in [0.15, 0.2) is 60.7 Å². The Morgan fingerprint density at radius 2 is 1.86 bits per heavy atom. The third kappa shape index (κ3) is 2.66. The third-order valence-electron chi connectivity index (χ3n) is 4.84. The summed E-state index contributed by atoms with van der Waals surface area (Å²) in [6, 6.07) is 15.6. The second-order valence-corrected chi connectivity index (χ2v) is 6.32. The first-order valence-corrected chi connectivity index (χ1v) is 8.18. The number of fused-ring (bicyclic) bond motifs is 1. The van der Waals surface area contributed by atoms with Crippen molar-refractivity contribution in [2.45, 2.75) is 39.5 Å². The Hall–Kier alpha value is -2.08. The van der Waals surface area contributed by atoms with Gasteiger partial charge in [-0.25, -0.2) is 0 Å². The number of hydrogen-bond acceptors (Lipinski definition) is 0. The Labute approximate surface area is 134 Å². The van der Waals surface area contributed by atoms with Crippen molar-refractivity contribution in [3.63, 3.8) is 0 Å². The predicted octanol–water partition coefficient (Wildman–Crippen LogP) is 5.86. The van der Waals surface area contributed by atoms with Crippen LogP contribution < -0.4 is 0 Å². The van der Waals surface area contributed by atoms with Gasteiger partial charge in [0.25, 0.3) is 0 Å². The van der Waals surface area contributed by atoms with E-state index in [1.165, 1.54) is 39.0 Å². The topological polar surface area (TPSA) is 0 Å². The van der Waals surface area contributed by atoms with Crippen LogP contribution in [0.25, 0.3) is 5.57 Å². The fraction of sp³-hybridized carbons (Fsp3) is 0.273. The Kier molecular flexibility index (Phi) is 4.02. The Bertz CT molecular complexity index is 729. The summed E-state index contributed by atoms with van der Waals surface area (Å²) < 4.78 is 0. The minimum Gasteiger partial charge on any atom is -0.0909 e. The Balaban J connectivity index is 1.94. The molecule has 2 aromatic carbocycles. The molecule has 0 nitrogen and oxygen atoms in total. The zero-order valence-corrected chi connectivity index (χ0v) is 13.8. The summed E-state index contributed by atoms with van der Waals surface area (Å²) in [4.78, 5) is 0. The molecule has 1 atom stereocenters. The molecule has 1 aliphatic carbocycles.